The summed E-state index contributed by atoms with van der Waals surface area (Å²) in [5.41, 5.74) is 2.95. The van der Waals surface area contributed by atoms with Gasteiger partial charge < -0.3 is 9.30 Å². The number of rotatable bonds is 3. The Bertz CT molecular complexity index is 612. The molecule has 2 aromatic rings. The summed E-state index contributed by atoms with van der Waals surface area (Å²) in [6.45, 7) is 10.1. The first-order valence-corrected chi connectivity index (χ1v) is 7.40. The van der Waals surface area contributed by atoms with Crippen LogP contribution in [0.4, 0.5) is 0 Å². The molecule has 5 heteroatoms. The van der Waals surface area contributed by atoms with Crippen molar-refractivity contribution in [2.24, 2.45) is 0 Å². The van der Waals surface area contributed by atoms with E-state index in [1.807, 2.05) is 6.33 Å². The Labute approximate surface area is 119 Å². The zero-order valence-electron chi connectivity index (χ0n) is 12.6. The van der Waals surface area contributed by atoms with Crippen LogP contribution in [0.25, 0.3) is 11.2 Å². The first kappa shape index (κ1) is 13.5. The minimum atomic E-state index is 0.320. The van der Waals surface area contributed by atoms with Crippen molar-refractivity contribution in [3.8, 4) is 0 Å². The van der Waals surface area contributed by atoms with Gasteiger partial charge in [0, 0.05) is 12.5 Å². The molecule has 1 atom stereocenters. The Kier molecular flexibility index (Phi) is 3.46. The van der Waals surface area contributed by atoms with E-state index in [0.717, 1.165) is 42.3 Å². The Hall–Kier alpha value is -1.49. The van der Waals surface area contributed by atoms with Gasteiger partial charge in [-0.3, -0.25) is 0 Å². The largest absolute Gasteiger partial charge is 0.379 e. The number of hydrogen-bond donors (Lipinski definition) is 0. The van der Waals surface area contributed by atoms with Crippen molar-refractivity contribution >= 4 is 11.2 Å². The highest BCUT2D eigenvalue weighted by Crippen LogP contribution is 2.28. The van der Waals surface area contributed by atoms with Gasteiger partial charge in [0.05, 0.1) is 24.7 Å². The average molecular weight is 274 g/mol. The van der Waals surface area contributed by atoms with Crippen molar-refractivity contribution in [1.82, 2.24) is 19.5 Å². The Balaban J connectivity index is 2.19. The van der Waals surface area contributed by atoms with E-state index in [0.29, 0.717) is 17.9 Å². The number of imidazole rings is 1. The number of aromatic nitrogens is 4. The van der Waals surface area contributed by atoms with E-state index >= 15 is 0 Å². The number of nitrogens with zero attached hydrogens (tertiary/aromatic N) is 4. The highest BCUT2D eigenvalue weighted by molar-refractivity contribution is 5.74. The first-order valence-electron chi connectivity index (χ1n) is 7.40. The molecule has 5 nitrogen and oxygen atoms in total. The fraction of sp³-hybridized carbons (Fsp3) is 0.667. The Morgan fingerprint density at radius 3 is 2.60 bits per heavy atom. The van der Waals surface area contributed by atoms with Crippen LogP contribution in [0.15, 0.2) is 6.33 Å². The summed E-state index contributed by atoms with van der Waals surface area (Å²) in [5.74, 6) is 1.57. The molecule has 3 heterocycles. The second kappa shape index (κ2) is 5.13. The molecule has 2 aromatic heterocycles. The molecule has 0 saturated carbocycles. The molecule has 1 fully saturated rings. The molecule has 1 aliphatic rings. The molecule has 108 valence electrons. The van der Waals surface area contributed by atoms with Gasteiger partial charge in [-0.05, 0) is 12.3 Å². The molecular weight excluding hydrogens is 252 g/mol. The minimum Gasteiger partial charge on any atom is -0.379 e. The molecular formula is C15H22N4O. The Morgan fingerprint density at radius 2 is 2.00 bits per heavy atom. The van der Waals surface area contributed by atoms with Gasteiger partial charge in [0.15, 0.2) is 5.65 Å². The molecule has 3 rings (SSSR count). The lowest BCUT2D eigenvalue weighted by molar-refractivity contribution is 0.187. The molecule has 1 aliphatic heterocycles. The van der Waals surface area contributed by atoms with E-state index in [-0.39, 0.29) is 0 Å². The lowest BCUT2D eigenvalue weighted by atomic mass is 10.1. The molecule has 0 spiro atoms. The van der Waals surface area contributed by atoms with E-state index in [1.54, 1.807) is 0 Å². The highest BCUT2D eigenvalue weighted by Gasteiger charge is 2.23. The van der Waals surface area contributed by atoms with Crippen molar-refractivity contribution < 1.29 is 4.74 Å². The monoisotopic (exact) mass is 274 g/mol. The van der Waals surface area contributed by atoms with Crippen molar-refractivity contribution in [2.45, 2.75) is 52.0 Å². The average Bonchev–Trinajstić information content (AvgIpc) is 3.05. The summed E-state index contributed by atoms with van der Waals surface area (Å²) < 4.78 is 7.66. The van der Waals surface area contributed by atoms with Crippen LogP contribution in [0.1, 0.15) is 63.5 Å². The highest BCUT2D eigenvalue weighted by atomic mass is 16.5. The molecule has 0 amide bonds. The van der Waals surface area contributed by atoms with Gasteiger partial charge in [-0.25, -0.2) is 15.0 Å². The number of hydrogen-bond acceptors (Lipinski definition) is 4. The van der Waals surface area contributed by atoms with Gasteiger partial charge in [0.1, 0.15) is 11.3 Å². The van der Waals surface area contributed by atoms with Gasteiger partial charge in [-0.1, -0.05) is 27.7 Å². The fourth-order valence-electron chi connectivity index (χ4n) is 2.63. The van der Waals surface area contributed by atoms with Crippen molar-refractivity contribution in [3.05, 3.63) is 17.8 Å². The van der Waals surface area contributed by atoms with Gasteiger partial charge in [-0.2, -0.15) is 0 Å². The molecule has 0 aromatic carbocycles. The zero-order chi connectivity index (χ0) is 14.3. The quantitative estimate of drug-likeness (QED) is 0.863. The van der Waals surface area contributed by atoms with E-state index < -0.39 is 0 Å². The lowest BCUT2D eigenvalue weighted by Crippen LogP contribution is -2.10. The van der Waals surface area contributed by atoms with Crippen LogP contribution in [-0.4, -0.2) is 32.7 Å². The van der Waals surface area contributed by atoms with E-state index in [2.05, 4.69) is 37.2 Å². The predicted octanol–water partition coefficient (Wildman–Crippen LogP) is 3.03. The summed E-state index contributed by atoms with van der Waals surface area (Å²) in [5, 5.41) is 0. The zero-order valence-corrected chi connectivity index (χ0v) is 12.6. The topological polar surface area (TPSA) is 52.8 Å². The second-order valence-electron chi connectivity index (χ2n) is 6.12. The van der Waals surface area contributed by atoms with Crippen molar-refractivity contribution in [1.29, 1.82) is 0 Å². The maximum atomic E-state index is 5.49. The van der Waals surface area contributed by atoms with Crippen LogP contribution in [-0.2, 0) is 4.74 Å². The van der Waals surface area contributed by atoms with Crippen LogP contribution in [0, 0.1) is 0 Å². The van der Waals surface area contributed by atoms with Gasteiger partial charge in [0.2, 0.25) is 0 Å². The third kappa shape index (κ3) is 2.20. The van der Waals surface area contributed by atoms with E-state index in [9.17, 15) is 0 Å². The van der Waals surface area contributed by atoms with Gasteiger partial charge in [-0.15, -0.1) is 0 Å². The third-order valence-corrected chi connectivity index (χ3v) is 3.83. The maximum absolute atomic E-state index is 5.49. The maximum Gasteiger partial charge on any atom is 0.164 e. The SMILES string of the molecule is CC(C)c1nc(C(C)C)c2ncn(C3CCOC3)c2n1. The molecule has 1 saturated heterocycles. The first-order chi connectivity index (χ1) is 9.58. The molecule has 0 N–H and O–H groups in total. The number of fused-ring (bicyclic) bond motifs is 1. The summed E-state index contributed by atoms with van der Waals surface area (Å²) in [6.07, 6.45) is 2.93. The Morgan fingerprint density at radius 1 is 1.20 bits per heavy atom. The summed E-state index contributed by atoms with van der Waals surface area (Å²) in [7, 11) is 0. The standard InChI is InChI=1S/C15H22N4O/c1-9(2)12-13-15(18-14(17-12)10(3)4)19(8-16-13)11-5-6-20-7-11/h8-11H,5-7H2,1-4H3. The summed E-state index contributed by atoms with van der Waals surface area (Å²) in [6, 6.07) is 0.356. The molecule has 0 bridgehead atoms. The van der Waals surface area contributed by atoms with Gasteiger partial charge >= 0.3 is 0 Å². The van der Waals surface area contributed by atoms with Crippen molar-refractivity contribution in [3.63, 3.8) is 0 Å². The van der Waals surface area contributed by atoms with E-state index in [1.165, 1.54) is 0 Å². The fourth-order valence-corrected chi connectivity index (χ4v) is 2.63. The number of ether oxygens (including phenoxy) is 1. The minimum absolute atomic E-state index is 0.320. The third-order valence-electron chi connectivity index (χ3n) is 3.83. The predicted molar refractivity (Wildman–Crippen MR) is 78.0 cm³/mol. The molecule has 1 unspecified atom stereocenters. The van der Waals surface area contributed by atoms with Crippen LogP contribution >= 0.6 is 0 Å². The normalized spacial score (nSPS) is 19.6. The molecule has 0 radical (unpaired) electrons. The second-order valence-corrected chi connectivity index (χ2v) is 6.12. The van der Waals surface area contributed by atoms with Crippen LogP contribution in [0.2, 0.25) is 0 Å². The van der Waals surface area contributed by atoms with Crippen molar-refractivity contribution in [2.75, 3.05) is 13.2 Å². The summed E-state index contributed by atoms with van der Waals surface area (Å²) in [4.78, 5) is 14.0. The van der Waals surface area contributed by atoms with E-state index in [4.69, 9.17) is 14.7 Å². The lowest BCUT2D eigenvalue weighted by Gasteiger charge is -2.13. The van der Waals surface area contributed by atoms with Crippen LogP contribution < -0.4 is 0 Å². The summed E-state index contributed by atoms with van der Waals surface area (Å²) >= 11 is 0. The smallest absolute Gasteiger partial charge is 0.164 e. The molecule has 20 heavy (non-hydrogen) atoms. The van der Waals surface area contributed by atoms with Crippen LogP contribution in [0.5, 0.6) is 0 Å². The van der Waals surface area contributed by atoms with Gasteiger partial charge in [0.25, 0.3) is 0 Å². The molecule has 0 aliphatic carbocycles. The van der Waals surface area contributed by atoms with Crippen LogP contribution in [0.3, 0.4) is 0 Å².